The van der Waals surface area contributed by atoms with E-state index in [1.54, 1.807) is 0 Å². The van der Waals surface area contributed by atoms with Gasteiger partial charge in [-0.1, -0.05) is 50.4 Å². The summed E-state index contributed by atoms with van der Waals surface area (Å²) in [6.07, 6.45) is 12.8. The van der Waals surface area contributed by atoms with E-state index in [-0.39, 0.29) is 18.3 Å². The first kappa shape index (κ1) is 16.5. The highest BCUT2D eigenvalue weighted by Gasteiger charge is 2.49. The highest BCUT2D eigenvalue weighted by atomic mass is 16.7. The van der Waals surface area contributed by atoms with Gasteiger partial charge in [0.25, 0.3) is 0 Å². The lowest BCUT2D eigenvalue weighted by Gasteiger charge is -2.32. The summed E-state index contributed by atoms with van der Waals surface area (Å²) in [6, 6.07) is 0. The minimum absolute atomic E-state index is 0.227. The Bertz CT molecular complexity index is 303. The van der Waals surface area contributed by atoms with Crippen molar-refractivity contribution < 1.29 is 9.31 Å². The molecule has 0 spiro atoms. The smallest absolute Gasteiger partial charge is 0.400 e. The third kappa shape index (κ3) is 5.16. The maximum absolute atomic E-state index is 5.88. The second-order valence-corrected chi connectivity index (χ2v) is 6.29. The largest absolute Gasteiger partial charge is 0.487 e. The van der Waals surface area contributed by atoms with Gasteiger partial charge in [0, 0.05) is 0 Å². The molecule has 0 atom stereocenters. The van der Waals surface area contributed by atoms with Crippen LogP contribution in [0, 0.1) is 0 Å². The average molecular weight is 264 g/mol. The van der Waals surface area contributed by atoms with Gasteiger partial charge in [-0.2, -0.15) is 0 Å². The zero-order chi connectivity index (χ0) is 14.4. The van der Waals surface area contributed by atoms with E-state index < -0.39 is 0 Å². The lowest BCUT2D eigenvalue weighted by atomic mass is 9.90. The topological polar surface area (TPSA) is 18.5 Å². The summed E-state index contributed by atoms with van der Waals surface area (Å²) in [5.41, 5.74) is -0.488. The van der Waals surface area contributed by atoms with Gasteiger partial charge >= 0.3 is 7.12 Å². The maximum Gasteiger partial charge on any atom is 0.487 e. The van der Waals surface area contributed by atoms with Gasteiger partial charge in [0.2, 0.25) is 0 Å². The first-order valence-corrected chi connectivity index (χ1v) is 7.58. The molecule has 108 valence electrons. The van der Waals surface area contributed by atoms with Gasteiger partial charge in [0.15, 0.2) is 0 Å². The summed E-state index contributed by atoms with van der Waals surface area (Å²) in [7, 11) is -0.227. The quantitative estimate of drug-likeness (QED) is 0.377. The van der Waals surface area contributed by atoms with Crippen molar-refractivity contribution in [2.45, 2.75) is 77.9 Å². The van der Waals surface area contributed by atoms with E-state index in [0.717, 1.165) is 6.42 Å². The summed E-state index contributed by atoms with van der Waals surface area (Å²) >= 11 is 0. The normalized spacial score (nSPS) is 21.8. The Morgan fingerprint density at radius 2 is 1.53 bits per heavy atom. The highest BCUT2D eigenvalue weighted by molar-refractivity contribution is 6.51. The van der Waals surface area contributed by atoms with E-state index >= 15 is 0 Å². The number of hydrogen-bond acceptors (Lipinski definition) is 2. The summed E-state index contributed by atoms with van der Waals surface area (Å²) < 4.78 is 11.8. The molecule has 1 saturated heterocycles. The molecule has 1 aliphatic rings. The SMILES string of the molecule is CCCCCC/C=C/C=C/B1OC(C)(C)C(C)(C)O1. The van der Waals surface area contributed by atoms with Crippen molar-refractivity contribution in [3.63, 3.8) is 0 Å². The summed E-state index contributed by atoms with van der Waals surface area (Å²) in [6.45, 7) is 10.5. The molecule has 1 heterocycles. The zero-order valence-electron chi connectivity index (χ0n) is 13.2. The van der Waals surface area contributed by atoms with Gasteiger partial charge in [-0.15, -0.1) is 0 Å². The predicted molar refractivity (Wildman–Crippen MR) is 83.1 cm³/mol. The molecule has 2 nitrogen and oxygen atoms in total. The van der Waals surface area contributed by atoms with Crippen LogP contribution >= 0.6 is 0 Å². The van der Waals surface area contributed by atoms with E-state index in [1.807, 2.05) is 12.1 Å². The molecular weight excluding hydrogens is 235 g/mol. The summed E-state index contributed by atoms with van der Waals surface area (Å²) in [5, 5.41) is 0. The minimum atomic E-state index is -0.244. The number of unbranched alkanes of at least 4 members (excludes halogenated alkanes) is 4. The van der Waals surface area contributed by atoms with Crippen LogP contribution in [-0.2, 0) is 9.31 Å². The number of allylic oxidation sites excluding steroid dienone is 3. The van der Waals surface area contributed by atoms with Crippen LogP contribution in [0.15, 0.2) is 24.2 Å². The van der Waals surface area contributed by atoms with Gasteiger partial charge in [0.1, 0.15) is 0 Å². The molecule has 0 aromatic carbocycles. The van der Waals surface area contributed by atoms with Gasteiger partial charge in [-0.05, 0) is 40.5 Å². The van der Waals surface area contributed by atoms with Crippen molar-refractivity contribution in [2.24, 2.45) is 0 Å². The molecule has 3 heteroatoms. The predicted octanol–water partition coefficient (Wildman–Crippen LogP) is 4.70. The van der Waals surface area contributed by atoms with Crippen molar-refractivity contribution in [2.75, 3.05) is 0 Å². The molecule has 0 bridgehead atoms. The van der Waals surface area contributed by atoms with Crippen molar-refractivity contribution in [3.8, 4) is 0 Å². The van der Waals surface area contributed by atoms with E-state index in [9.17, 15) is 0 Å². The average Bonchev–Trinajstić information content (AvgIpc) is 2.51. The van der Waals surface area contributed by atoms with Crippen LogP contribution < -0.4 is 0 Å². The first-order chi connectivity index (χ1) is 8.89. The van der Waals surface area contributed by atoms with Crippen LogP contribution in [0.25, 0.3) is 0 Å². The molecule has 19 heavy (non-hydrogen) atoms. The molecule has 0 aromatic rings. The van der Waals surface area contributed by atoms with Crippen LogP contribution in [0.3, 0.4) is 0 Å². The molecule has 1 rings (SSSR count). The van der Waals surface area contributed by atoms with E-state index in [0.29, 0.717) is 0 Å². The molecule has 0 aliphatic carbocycles. The molecule has 1 aliphatic heterocycles. The first-order valence-electron chi connectivity index (χ1n) is 7.58. The molecule has 0 aromatic heterocycles. The van der Waals surface area contributed by atoms with Crippen molar-refractivity contribution >= 4 is 7.12 Å². The summed E-state index contributed by atoms with van der Waals surface area (Å²) in [5.74, 6) is 1.99. The second-order valence-electron chi connectivity index (χ2n) is 6.29. The third-order valence-corrected chi connectivity index (χ3v) is 4.01. The Labute approximate surface area is 119 Å². The summed E-state index contributed by atoms with van der Waals surface area (Å²) in [4.78, 5) is 0. The minimum Gasteiger partial charge on any atom is -0.400 e. The van der Waals surface area contributed by atoms with Crippen molar-refractivity contribution in [3.05, 3.63) is 24.2 Å². The molecule has 0 radical (unpaired) electrons. The van der Waals surface area contributed by atoms with E-state index in [1.165, 1.54) is 25.7 Å². The lowest BCUT2D eigenvalue weighted by molar-refractivity contribution is 0.00578. The Morgan fingerprint density at radius 3 is 2.11 bits per heavy atom. The number of hydrogen-bond donors (Lipinski definition) is 0. The van der Waals surface area contributed by atoms with Gasteiger partial charge in [-0.25, -0.2) is 0 Å². The maximum atomic E-state index is 5.88. The fraction of sp³-hybridized carbons (Fsp3) is 0.750. The van der Waals surface area contributed by atoms with Crippen molar-refractivity contribution in [1.29, 1.82) is 0 Å². The van der Waals surface area contributed by atoms with Gasteiger partial charge < -0.3 is 9.31 Å². The Balaban J connectivity index is 2.25. The second kappa shape index (κ2) is 7.30. The van der Waals surface area contributed by atoms with E-state index in [4.69, 9.17) is 9.31 Å². The fourth-order valence-electron chi connectivity index (χ4n) is 1.99. The lowest BCUT2D eigenvalue weighted by Crippen LogP contribution is -2.41. The van der Waals surface area contributed by atoms with Crippen LogP contribution in [0.2, 0.25) is 0 Å². The highest BCUT2D eigenvalue weighted by Crippen LogP contribution is 2.36. The van der Waals surface area contributed by atoms with Gasteiger partial charge in [-0.3, -0.25) is 0 Å². The van der Waals surface area contributed by atoms with Crippen LogP contribution in [0.4, 0.5) is 0 Å². The Morgan fingerprint density at radius 1 is 0.895 bits per heavy atom. The Kier molecular flexibility index (Phi) is 6.35. The Hall–Kier alpha value is -0.535. The van der Waals surface area contributed by atoms with E-state index in [2.05, 4.69) is 46.8 Å². The molecule has 0 amide bonds. The van der Waals surface area contributed by atoms with Crippen LogP contribution in [-0.4, -0.2) is 18.3 Å². The fourth-order valence-corrected chi connectivity index (χ4v) is 1.99. The molecular formula is C16H29BO2. The zero-order valence-corrected chi connectivity index (χ0v) is 13.2. The number of rotatable bonds is 7. The third-order valence-electron chi connectivity index (χ3n) is 4.01. The van der Waals surface area contributed by atoms with Crippen molar-refractivity contribution in [1.82, 2.24) is 0 Å². The monoisotopic (exact) mass is 264 g/mol. The van der Waals surface area contributed by atoms with Crippen LogP contribution in [0.1, 0.15) is 66.7 Å². The standard InChI is InChI=1S/C16H29BO2/c1-6-7-8-9-10-11-12-13-14-17-18-15(2,3)16(4,5)19-17/h11-14H,6-10H2,1-5H3/b12-11+,14-13+. The molecule has 1 fully saturated rings. The molecule has 0 N–H and O–H groups in total. The van der Waals surface area contributed by atoms with Crippen LogP contribution in [0.5, 0.6) is 0 Å². The van der Waals surface area contributed by atoms with Gasteiger partial charge in [0.05, 0.1) is 11.2 Å². The molecule has 0 unspecified atom stereocenters. The molecule has 0 saturated carbocycles.